The second-order valence-electron chi connectivity index (χ2n) is 5.11. The molecule has 1 atom stereocenters. The lowest BCUT2D eigenvalue weighted by Crippen LogP contribution is -2.38. The fourth-order valence-corrected chi connectivity index (χ4v) is 2.38. The lowest BCUT2D eigenvalue weighted by atomic mass is 10.1. The molecule has 6 nitrogen and oxygen atoms in total. The first-order chi connectivity index (χ1) is 9.69. The van der Waals surface area contributed by atoms with E-state index in [1.165, 1.54) is 19.2 Å². The highest BCUT2D eigenvalue weighted by molar-refractivity contribution is 5.68. The molecule has 0 radical (unpaired) electrons. The topological polar surface area (TPSA) is 73.5 Å². The van der Waals surface area contributed by atoms with Crippen molar-refractivity contribution in [3.05, 3.63) is 6.33 Å². The van der Waals surface area contributed by atoms with Gasteiger partial charge >= 0.3 is 0 Å². The Kier molecular flexibility index (Phi) is 5.00. The summed E-state index contributed by atoms with van der Waals surface area (Å²) < 4.78 is 10.7. The fourth-order valence-electron chi connectivity index (χ4n) is 2.38. The van der Waals surface area contributed by atoms with Gasteiger partial charge in [-0.05, 0) is 32.6 Å². The van der Waals surface area contributed by atoms with Crippen molar-refractivity contribution in [1.82, 2.24) is 9.97 Å². The molecule has 0 aliphatic heterocycles. The smallest absolute Gasteiger partial charge is 0.242 e. The fraction of sp³-hybridized carbons (Fsp3) is 0.714. The van der Waals surface area contributed by atoms with Gasteiger partial charge in [-0.15, -0.1) is 0 Å². The Morgan fingerprint density at radius 2 is 2.20 bits per heavy atom. The summed E-state index contributed by atoms with van der Waals surface area (Å²) in [6.07, 6.45) is 4.05. The molecule has 0 amide bonds. The quantitative estimate of drug-likeness (QED) is 0.781. The summed E-state index contributed by atoms with van der Waals surface area (Å²) in [7, 11) is 1.70. The van der Waals surface area contributed by atoms with Crippen LogP contribution in [-0.4, -0.2) is 42.9 Å². The van der Waals surface area contributed by atoms with Gasteiger partial charge in [0.1, 0.15) is 12.0 Å². The van der Waals surface area contributed by atoms with Crippen LogP contribution >= 0.6 is 0 Å². The number of hydrogen-bond acceptors (Lipinski definition) is 6. The molecule has 1 fully saturated rings. The molecule has 1 aliphatic carbocycles. The van der Waals surface area contributed by atoms with Gasteiger partial charge in [0.2, 0.25) is 5.88 Å². The molecular formula is C14H24N4O2. The van der Waals surface area contributed by atoms with Crippen LogP contribution < -0.4 is 15.4 Å². The van der Waals surface area contributed by atoms with Gasteiger partial charge in [-0.25, -0.2) is 4.98 Å². The zero-order valence-corrected chi connectivity index (χ0v) is 12.5. The second-order valence-corrected chi connectivity index (χ2v) is 5.11. The van der Waals surface area contributed by atoms with Gasteiger partial charge in [-0.1, -0.05) is 0 Å². The third kappa shape index (κ3) is 3.30. The molecule has 1 aromatic rings. The highest BCUT2D eigenvalue weighted by Crippen LogP contribution is 2.38. The number of rotatable bonds is 8. The summed E-state index contributed by atoms with van der Waals surface area (Å²) in [5.74, 6) is 1.93. The molecule has 6 heteroatoms. The lowest BCUT2D eigenvalue weighted by molar-refractivity contribution is 0.202. The van der Waals surface area contributed by atoms with E-state index < -0.39 is 0 Å². The number of nitrogens with zero attached hydrogens (tertiary/aromatic N) is 3. The average Bonchev–Trinajstić information content (AvgIpc) is 3.27. The first-order valence-electron chi connectivity index (χ1n) is 7.17. The average molecular weight is 280 g/mol. The van der Waals surface area contributed by atoms with Crippen LogP contribution in [0.2, 0.25) is 0 Å². The summed E-state index contributed by atoms with van der Waals surface area (Å²) in [4.78, 5) is 10.7. The monoisotopic (exact) mass is 280 g/mol. The van der Waals surface area contributed by atoms with Crippen molar-refractivity contribution in [3.63, 3.8) is 0 Å². The number of hydrogen-bond donors (Lipinski definition) is 1. The Labute approximate surface area is 120 Å². The number of nitrogens with two attached hydrogens (primary N) is 1. The third-order valence-corrected chi connectivity index (χ3v) is 3.71. The molecule has 0 bridgehead atoms. The Morgan fingerprint density at radius 3 is 2.80 bits per heavy atom. The largest absolute Gasteiger partial charge is 0.476 e. The van der Waals surface area contributed by atoms with Gasteiger partial charge < -0.3 is 20.1 Å². The number of methoxy groups -OCH3 is 1. The van der Waals surface area contributed by atoms with E-state index in [0.717, 1.165) is 18.3 Å². The van der Waals surface area contributed by atoms with Crippen LogP contribution in [0, 0.1) is 5.92 Å². The van der Waals surface area contributed by atoms with Gasteiger partial charge in [0.05, 0.1) is 13.2 Å². The van der Waals surface area contributed by atoms with Crippen LogP contribution in [0.1, 0.15) is 26.7 Å². The minimum atomic E-state index is 0.400. The maximum Gasteiger partial charge on any atom is 0.242 e. The maximum atomic E-state index is 6.17. The van der Waals surface area contributed by atoms with Crippen molar-refractivity contribution < 1.29 is 9.47 Å². The molecule has 112 valence electrons. The van der Waals surface area contributed by atoms with E-state index in [9.17, 15) is 0 Å². The highest BCUT2D eigenvalue weighted by atomic mass is 16.5. The minimum absolute atomic E-state index is 0.400. The molecule has 1 heterocycles. The SMILES string of the molecule is CCOc1ncnc(N(CCOC)C(C)C2CC2)c1N. The van der Waals surface area contributed by atoms with E-state index in [0.29, 0.717) is 30.8 Å². The number of ether oxygens (including phenoxy) is 2. The summed E-state index contributed by atoms with van der Waals surface area (Å²) >= 11 is 0. The van der Waals surface area contributed by atoms with Crippen LogP contribution in [0.5, 0.6) is 5.88 Å². The predicted octanol–water partition coefficient (Wildman–Crippen LogP) is 1.71. The lowest BCUT2D eigenvalue weighted by Gasteiger charge is -2.31. The summed E-state index contributed by atoms with van der Waals surface area (Å²) in [6.45, 7) is 6.08. The van der Waals surface area contributed by atoms with Crippen molar-refractivity contribution in [1.29, 1.82) is 0 Å². The molecule has 2 N–H and O–H groups in total. The first kappa shape index (κ1) is 14.8. The van der Waals surface area contributed by atoms with E-state index in [2.05, 4.69) is 21.8 Å². The highest BCUT2D eigenvalue weighted by Gasteiger charge is 2.33. The van der Waals surface area contributed by atoms with Crippen molar-refractivity contribution in [2.75, 3.05) is 37.5 Å². The summed E-state index contributed by atoms with van der Waals surface area (Å²) in [5.41, 5.74) is 6.68. The standard InChI is InChI=1S/C14H24N4O2/c1-4-20-14-12(15)13(16-9-17-14)18(7-8-19-3)10(2)11-5-6-11/h9-11H,4-8,15H2,1-3H3. The molecule has 1 aliphatic rings. The summed E-state index contributed by atoms with van der Waals surface area (Å²) in [5, 5.41) is 0. The van der Waals surface area contributed by atoms with Crippen LogP contribution in [0.25, 0.3) is 0 Å². The molecule has 1 unspecified atom stereocenters. The van der Waals surface area contributed by atoms with Gasteiger partial charge in [0.15, 0.2) is 5.82 Å². The van der Waals surface area contributed by atoms with Crippen molar-refractivity contribution in [2.45, 2.75) is 32.7 Å². The van der Waals surface area contributed by atoms with Crippen LogP contribution in [-0.2, 0) is 4.74 Å². The van der Waals surface area contributed by atoms with Crippen LogP contribution in [0.3, 0.4) is 0 Å². The molecule has 0 aromatic carbocycles. The normalized spacial score (nSPS) is 15.9. The first-order valence-corrected chi connectivity index (χ1v) is 7.17. The molecular weight excluding hydrogens is 256 g/mol. The molecule has 0 saturated heterocycles. The van der Waals surface area contributed by atoms with Crippen molar-refractivity contribution in [3.8, 4) is 5.88 Å². The third-order valence-electron chi connectivity index (χ3n) is 3.71. The molecule has 1 saturated carbocycles. The Bertz CT molecular complexity index is 437. The second kappa shape index (κ2) is 6.74. The Morgan fingerprint density at radius 1 is 1.45 bits per heavy atom. The van der Waals surface area contributed by atoms with E-state index in [4.69, 9.17) is 15.2 Å². The summed E-state index contributed by atoms with van der Waals surface area (Å²) in [6, 6.07) is 0.400. The number of nitrogen functional groups attached to an aromatic ring is 1. The van der Waals surface area contributed by atoms with Gasteiger partial charge in [-0.3, -0.25) is 0 Å². The van der Waals surface area contributed by atoms with Crippen molar-refractivity contribution in [2.24, 2.45) is 5.92 Å². The minimum Gasteiger partial charge on any atom is -0.476 e. The molecule has 2 rings (SSSR count). The van der Waals surface area contributed by atoms with Gasteiger partial charge in [0, 0.05) is 19.7 Å². The molecule has 0 spiro atoms. The van der Waals surface area contributed by atoms with Crippen LogP contribution in [0.4, 0.5) is 11.5 Å². The zero-order valence-electron chi connectivity index (χ0n) is 12.5. The van der Waals surface area contributed by atoms with Gasteiger partial charge in [0.25, 0.3) is 0 Å². The molecule has 20 heavy (non-hydrogen) atoms. The van der Waals surface area contributed by atoms with E-state index in [1.807, 2.05) is 6.92 Å². The predicted molar refractivity (Wildman–Crippen MR) is 79.0 cm³/mol. The van der Waals surface area contributed by atoms with E-state index in [1.54, 1.807) is 7.11 Å². The van der Waals surface area contributed by atoms with E-state index >= 15 is 0 Å². The Balaban J connectivity index is 2.24. The Hall–Kier alpha value is -1.56. The van der Waals surface area contributed by atoms with Crippen LogP contribution in [0.15, 0.2) is 6.33 Å². The maximum absolute atomic E-state index is 6.17. The molecule has 1 aromatic heterocycles. The van der Waals surface area contributed by atoms with Crippen molar-refractivity contribution >= 4 is 11.5 Å². The zero-order chi connectivity index (χ0) is 14.5. The van der Waals surface area contributed by atoms with Gasteiger partial charge in [-0.2, -0.15) is 4.98 Å². The number of anilines is 2. The van der Waals surface area contributed by atoms with E-state index in [-0.39, 0.29) is 0 Å². The number of aromatic nitrogens is 2.